The first-order valence-corrected chi connectivity index (χ1v) is 8.83. The van der Waals surface area contributed by atoms with Crippen molar-refractivity contribution in [1.29, 1.82) is 0 Å². The Bertz CT molecular complexity index is 408. The molecule has 4 heteroatoms. The van der Waals surface area contributed by atoms with Gasteiger partial charge in [0.1, 0.15) is 5.82 Å². The maximum absolute atomic E-state index is 4.70. The molecule has 0 unspecified atom stereocenters. The number of hydrogen-bond donors (Lipinski definition) is 1. The van der Waals surface area contributed by atoms with Crippen molar-refractivity contribution < 1.29 is 0 Å². The highest BCUT2D eigenvalue weighted by Crippen LogP contribution is 2.23. The van der Waals surface area contributed by atoms with E-state index in [9.17, 15) is 0 Å². The largest absolute Gasteiger partial charge is 0.356 e. The van der Waals surface area contributed by atoms with Crippen molar-refractivity contribution in [3.05, 3.63) is 22.3 Å². The minimum absolute atomic E-state index is 0.630. The van der Waals surface area contributed by atoms with Gasteiger partial charge in [0.05, 0.1) is 0 Å². The number of pyridine rings is 1. The predicted octanol–water partition coefficient (Wildman–Crippen LogP) is 4.46. The minimum atomic E-state index is 0.630. The first-order valence-electron chi connectivity index (χ1n) is 8.04. The van der Waals surface area contributed by atoms with Gasteiger partial charge in [-0.3, -0.25) is 0 Å². The van der Waals surface area contributed by atoms with Crippen molar-refractivity contribution in [3.8, 4) is 0 Å². The van der Waals surface area contributed by atoms with E-state index in [1.54, 1.807) is 0 Å². The molecule has 21 heavy (non-hydrogen) atoms. The second-order valence-corrected chi connectivity index (χ2v) is 7.42. The fourth-order valence-electron chi connectivity index (χ4n) is 2.42. The van der Waals surface area contributed by atoms with Crippen LogP contribution in [0.4, 0.5) is 5.82 Å². The first kappa shape index (κ1) is 18.4. The molecule has 0 aliphatic rings. The van der Waals surface area contributed by atoms with Crippen LogP contribution in [0.2, 0.25) is 0 Å². The highest BCUT2D eigenvalue weighted by atomic mass is 79.9. The summed E-state index contributed by atoms with van der Waals surface area (Å²) in [5.74, 6) is 2.39. The van der Waals surface area contributed by atoms with Crippen molar-refractivity contribution in [3.63, 3.8) is 0 Å². The van der Waals surface area contributed by atoms with E-state index in [-0.39, 0.29) is 0 Å². The molecule has 0 aliphatic heterocycles. The molecule has 0 aromatic carbocycles. The van der Waals surface area contributed by atoms with Crippen molar-refractivity contribution >= 4 is 21.7 Å². The summed E-state index contributed by atoms with van der Waals surface area (Å²) >= 11 is 3.55. The normalized spacial score (nSPS) is 11.4. The fourth-order valence-corrected chi connectivity index (χ4v) is 2.80. The topological polar surface area (TPSA) is 28.2 Å². The number of aromatic nitrogens is 1. The SMILES string of the molecule is CCCNCc1cc(Br)cnc1N(CC(C)C)CC(C)C. The Hall–Kier alpha value is -0.610. The maximum Gasteiger partial charge on any atom is 0.133 e. The Kier molecular flexibility index (Phi) is 8.27. The predicted molar refractivity (Wildman–Crippen MR) is 95.8 cm³/mol. The van der Waals surface area contributed by atoms with Crippen LogP contribution in [0.5, 0.6) is 0 Å². The lowest BCUT2D eigenvalue weighted by molar-refractivity contribution is 0.545. The number of halogens is 1. The molecule has 1 aromatic rings. The summed E-state index contributed by atoms with van der Waals surface area (Å²) in [7, 11) is 0. The zero-order chi connectivity index (χ0) is 15.8. The lowest BCUT2D eigenvalue weighted by Crippen LogP contribution is -2.33. The summed E-state index contributed by atoms with van der Waals surface area (Å²) in [5, 5.41) is 3.49. The van der Waals surface area contributed by atoms with E-state index in [4.69, 9.17) is 4.98 Å². The van der Waals surface area contributed by atoms with Crippen LogP contribution >= 0.6 is 15.9 Å². The smallest absolute Gasteiger partial charge is 0.133 e. The van der Waals surface area contributed by atoms with Gasteiger partial charge in [-0.2, -0.15) is 0 Å². The number of hydrogen-bond acceptors (Lipinski definition) is 3. The van der Waals surface area contributed by atoms with Crippen LogP contribution in [0.15, 0.2) is 16.7 Å². The third-order valence-corrected chi connectivity index (χ3v) is 3.56. The Balaban J connectivity index is 2.98. The van der Waals surface area contributed by atoms with Crippen molar-refractivity contribution in [2.24, 2.45) is 11.8 Å². The van der Waals surface area contributed by atoms with Crippen LogP contribution < -0.4 is 10.2 Å². The lowest BCUT2D eigenvalue weighted by atomic mass is 10.1. The lowest BCUT2D eigenvalue weighted by Gasteiger charge is -2.29. The standard InChI is InChI=1S/C17H30BrN3/c1-6-7-19-9-15-8-16(18)10-20-17(15)21(11-13(2)3)12-14(4)5/h8,10,13-14,19H,6-7,9,11-12H2,1-5H3. The fraction of sp³-hybridized carbons (Fsp3) is 0.706. The highest BCUT2D eigenvalue weighted by Gasteiger charge is 2.16. The zero-order valence-electron chi connectivity index (χ0n) is 14.1. The van der Waals surface area contributed by atoms with Crippen molar-refractivity contribution in [1.82, 2.24) is 10.3 Å². The van der Waals surface area contributed by atoms with E-state index < -0.39 is 0 Å². The van der Waals surface area contributed by atoms with E-state index in [0.29, 0.717) is 11.8 Å². The molecular weight excluding hydrogens is 326 g/mol. The van der Waals surface area contributed by atoms with Gasteiger partial charge in [0.25, 0.3) is 0 Å². The van der Waals surface area contributed by atoms with E-state index in [0.717, 1.165) is 42.9 Å². The molecule has 0 saturated heterocycles. The van der Waals surface area contributed by atoms with E-state index in [1.807, 2.05) is 6.20 Å². The highest BCUT2D eigenvalue weighted by molar-refractivity contribution is 9.10. The van der Waals surface area contributed by atoms with Crippen LogP contribution in [0.25, 0.3) is 0 Å². The molecule has 0 fully saturated rings. The Morgan fingerprint density at radius 3 is 2.33 bits per heavy atom. The second kappa shape index (κ2) is 9.42. The van der Waals surface area contributed by atoms with Crippen LogP contribution in [0, 0.1) is 11.8 Å². The van der Waals surface area contributed by atoms with Crippen LogP contribution in [0.1, 0.15) is 46.6 Å². The van der Waals surface area contributed by atoms with E-state index in [2.05, 4.69) is 66.8 Å². The van der Waals surface area contributed by atoms with Gasteiger partial charge >= 0.3 is 0 Å². The molecule has 0 saturated carbocycles. The Labute approximate surface area is 138 Å². The molecule has 0 bridgehead atoms. The monoisotopic (exact) mass is 355 g/mol. The average molecular weight is 356 g/mol. The third-order valence-electron chi connectivity index (χ3n) is 3.12. The van der Waals surface area contributed by atoms with Crippen molar-refractivity contribution in [2.75, 3.05) is 24.5 Å². The molecule has 120 valence electrons. The van der Waals surface area contributed by atoms with Crippen LogP contribution in [-0.2, 0) is 6.54 Å². The molecule has 1 aromatic heterocycles. The van der Waals surface area contributed by atoms with Gasteiger partial charge in [0, 0.05) is 35.9 Å². The van der Waals surface area contributed by atoms with Gasteiger partial charge in [0.2, 0.25) is 0 Å². The summed E-state index contributed by atoms with van der Waals surface area (Å²) in [6.07, 6.45) is 3.06. The number of nitrogens with one attached hydrogen (secondary N) is 1. The summed E-state index contributed by atoms with van der Waals surface area (Å²) in [4.78, 5) is 7.14. The molecule has 1 heterocycles. The number of rotatable bonds is 9. The average Bonchev–Trinajstić information content (AvgIpc) is 2.37. The number of nitrogens with zero attached hydrogens (tertiary/aromatic N) is 2. The van der Waals surface area contributed by atoms with Gasteiger partial charge < -0.3 is 10.2 Å². The Morgan fingerprint density at radius 1 is 1.19 bits per heavy atom. The maximum atomic E-state index is 4.70. The Morgan fingerprint density at radius 2 is 1.81 bits per heavy atom. The quantitative estimate of drug-likeness (QED) is 0.662. The third kappa shape index (κ3) is 6.79. The second-order valence-electron chi connectivity index (χ2n) is 6.51. The van der Waals surface area contributed by atoms with Crippen molar-refractivity contribution in [2.45, 2.75) is 47.6 Å². The number of anilines is 1. The summed E-state index contributed by atoms with van der Waals surface area (Å²) < 4.78 is 1.05. The molecule has 0 amide bonds. The van der Waals surface area contributed by atoms with Gasteiger partial charge in [-0.1, -0.05) is 34.6 Å². The minimum Gasteiger partial charge on any atom is -0.356 e. The molecule has 0 radical (unpaired) electrons. The van der Waals surface area contributed by atoms with E-state index >= 15 is 0 Å². The summed E-state index contributed by atoms with van der Waals surface area (Å²) in [6, 6.07) is 2.19. The van der Waals surface area contributed by atoms with Gasteiger partial charge in [-0.25, -0.2) is 4.98 Å². The molecular formula is C17H30BrN3. The molecule has 3 nitrogen and oxygen atoms in total. The van der Waals surface area contributed by atoms with Gasteiger partial charge in [-0.05, 0) is 46.8 Å². The molecule has 1 rings (SSSR count). The van der Waals surface area contributed by atoms with Gasteiger partial charge in [0.15, 0.2) is 0 Å². The summed E-state index contributed by atoms with van der Waals surface area (Å²) in [5.41, 5.74) is 1.28. The van der Waals surface area contributed by atoms with Gasteiger partial charge in [-0.15, -0.1) is 0 Å². The zero-order valence-corrected chi connectivity index (χ0v) is 15.7. The molecule has 0 spiro atoms. The summed E-state index contributed by atoms with van der Waals surface area (Å²) in [6.45, 7) is 15.3. The van der Waals surface area contributed by atoms with Crippen LogP contribution in [-0.4, -0.2) is 24.6 Å². The molecule has 0 atom stereocenters. The van der Waals surface area contributed by atoms with Crippen LogP contribution in [0.3, 0.4) is 0 Å². The molecule has 1 N–H and O–H groups in total. The first-order chi connectivity index (χ1) is 9.93. The molecule has 0 aliphatic carbocycles. The van der Waals surface area contributed by atoms with E-state index in [1.165, 1.54) is 5.56 Å².